The van der Waals surface area contributed by atoms with E-state index in [1.165, 1.54) is 0 Å². The van der Waals surface area contributed by atoms with E-state index in [1.807, 2.05) is 30.3 Å². The molecule has 0 spiro atoms. The van der Waals surface area contributed by atoms with Crippen LogP contribution in [0.5, 0.6) is 0 Å². The first-order valence-corrected chi connectivity index (χ1v) is 7.15. The first-order valence-electron chi connectivity index (χ1n) is 6.36. The monoisotopic (exact) mass is 341 g/mol. The lowest BCUT2D eigenvalue weighted by Crippen LogP contribution is -2.13. The molecule has 3 aromatic rings. The van der Waals surface area contributed by atoms with Gasteiger partial charge in [0.2, 0.25) is 0 Å². The molecule has 0 atom stereocenters. The second kappa shape index (κ2) is 5.54. The van der Waals surface area contributed by atoms with E-state index in [0.717, 1.165) is 9.86 Å². The first kappa shape index (κ1) is 13.6. The summed E-state index contributed by atoms with van der Waals surface area (Å²) in [6.07, 6.45) is 1.68. The maximum Gasteiger partial charge on any atom is 0.256 e. The predicted octanol–water partition coefficient (Wildman–Crippen LogP) is 3.83. The molecule has 0 aliphatic carbocycles. The van der Waals surface area contributed by atoms with Gasteiger partial charge in [0, 0.05) is 16.1 Å². The highest BCUT2D eigenvalue weighted by Crippen LogP contribution is 2.27. The van der Waals surface area contributed by atoms with Crippen LogP contribution in [0.3, 0.4) is 0 Å². The van der Waals surface area contributed by atoms with Crippen LogP contribution >= 0.6 is 15.9 Å². The van der Waals surface area contributed by atoms with Gasteiger partial charge in [0.1, 0.15) is 0 Å². The third kappa shape index (κ3) is 2.60. The van der Waals surface area contributed by atoms with Crippen LogP contribution in [0.2, 0.25) is 0 Å². The van der Waals surface area contributed by atoms with E-state index in [1.54, 1.807) is 24.4 Å². The molecule has 0 unspecified atom stereocenters. The van der Waals surface area contributed by atoms with E-state index in [-0.39, 0.29) is 5.91 Å². The highest BCUT2D eigenvalue weighted by atomic mass is 79.9. The molecule has 3 N–H and O–H groups in total. The number of hydrogen-bond donors (Lipinski definition) is 2. The van der Waals surface area contributed by atoms with Crippen LogP contribution in [0.25, 0.3) is 10.9 Å². The van der Waals surface area contributed by atoms with Gasteiger partial charge in [-0.3, -0.25) is 9.78 Å². The Balaban J connectivity index is 2.01. The van der Waals surface area contributed by atoms with Crippen molar-refractivity contribution in [1.82, 2.24) is 4.98 Å². The highest BCUT2D eigenvalue weighted by molar-refractivity contribution is 9.10. The minimum Gasteiger partial charge on any atom is -0.397 e. The summed E-state index contributed by atoms with van der Waals surface area (Å²) in [5.41, 5.74) is 8.44. The van der Waals surface area contributed by atoms with Gasteiger partial charge in [-0.1, -0.05) is 12.1 Å². The number of amides is 1. The fourth-order valence-electron chi connectivity index (χ4n) is 2.14. The van der Waals surface area contributed by atoms with Gasteiger partial charge >= 0.3 is 0 Å². The summed E-state index contributed by atoms with van der Waals surface area (Å²) in [6, 6.07) is 14.5. The number of anilines is 2. The minimum absolute atomic E-state index is 0.183. The van der Waals surface area contributed by atoms with E-state index < -0.39 is 0 Å². The number of nitrogen functional groups attached to an aromatic ring is 1. The average Bonchev–Trinajstić information content (AvgIpc) is 2.51. The van der Waals surface area contributed by atoms with E-state index in [4.69, 9.17) is 5.73 Å². The third-order valence-corrected chi connectivity index (χ3v) is 3.86. The lowest BCUT2D eigenvalue weighted by Gasteiger charge is -2.10. The molecule has 0 saturated heterocycles. The normalized spacial score (nSPS) is 10.5. The van der Waals surface area contributed by atoms with Crippen molar-refractivity contribution in [2.75, 3.05) is 11.1 Å². The van der Waals surface area contributed by atoms with Crippen molar-refractivity contribution in [2.24, 2.45) is 0 Å². The molecular weight excluding hydrogens is 330 g/mol. The fourth-order valence-corrected chi connectivity index (χ4v) is 2.60. The van der Waals surface area contributed by atoms with Crippen LogP contribution in [-0.4, -0.2) is 10.9 Å². The molecule has 0 aliphatic rings. The number of fused-ring (bicyclic) bond motifs is 1. The van der Waals surface area contributed by atoms with Crippen molar-refractivity contribution < 1.29 is 4.79 Å². The summed E-state index contributed by atoms with van der Waals surface area (Å²) in [5, 5.41) is 3.72. The molecule has 3 rings (SSSR count). The van der Waals surface area contributed by atoms with Gasteiger partial charge in [-0.15, -0.1) is 0 Å². The number of nitrogens with one attached hydrogen (secondary N) is 1. The lowest BCUT2D eigenvalue weighted by atomic mass is 10.1. The van der Waals surface area contributed by atoms with Crippen molar-refractivity contribution in [3.05, 3.63) is 64.8 Å². The van der Waals surface area contributed by atoms with Crippen molar-refractivity contribution in [1.29, 1.82) is 0 Å². The number of benzene rings is 2. The Hall–Kier alpha value is -2.40. The number of hydrogen-bond acceptors (Lipinski definition) is 3. The van der Waals surface area contributed by atoms with Gasteiger partial charge in [0.15, 0.2) is 0 Å². The van der Waals surface area contributed by atoms with E-state index in [0.29, 0.717) is 22.5 Å². The number of aromatic nitrogens is 1. The van der Waals surface area contributed by atoms with E-state index in [2.05, 4.69) is 26.2 Å². The standard InChI is InChI=1S/C16H12BrN3O/c17-12-6-2-1-4-10(12)16(21)20-14-8-7-13(18)15-11(14)5-3-9-19-15/h1-9H,18H2,(H,20,21). The maximum absolute atomic E-state index is 12.4. The van der Waals surface area contributed by atoms with Crippen molar-refractivity contribution in [2.45, 2.75) is 0 Å². The molecule has 104 valence electrons. The smallest absolute Gasteiger partial charge is 0.256 e. The molecule has 1 heterocycles. The van der Waals surface area contributed by atoms with E-state index in [9.17, 15) is 4.79 Å². The number of carbonyl (C=O) groups excluding carboxylic acids is 1. The Morgan fingerprint density at radius 1 is 1.10 bits per heavy atom. The lowest BCUT2D eigenvalue weighted by molar-refractivity contribution is 0.102. The van der Waals surface area contributed by atoms with Crippen molar-refractivity contribution >= 4 is 44.1 Å². The van der Waals surface area contributed by atoms with Gasteiger partial charge in [-0.2, -0.15) is 0 Å². The van der Waals surface area contributed by atoms with E-state index >= 15 is 0 Å². The summed E-state index contributed by atoms with van der Waals surface area (Å²) >= 11 is 3.38. The zero-order valence-corrected chi connectivity index (χ0v) is 12.6. The molecule has 0 fully saturated rings. The third-order valence-electron chi connectivity index (χ3n) is 3.17. The second-order valence-corrected chi connectivity index (χ2v) is 5.39. The van der Waals surface area contributed by atoms with Gasteiger partial charge in [0.05, 0.1) is 22.5 Å². The van der Waals surface area contributed by atoms with Gasteiger partial charge in [0.25, 0.3) is 5.91 Å². The Morgan fingerprint density at radius 3 is 2.71 bits per heavy atom. The molecule has 0 aliphatic heterocycles. The van der Waals surface area contributed by atoms with Crippen LogP contribution < -0.4 is 11.1 Å². The Morgan fingerprint density at radius 2 is 1.90 bits per heavy atom. The number of rotatable bonds is 2. The molecule has 2 aromatic carbocycles. The maximum atomic E-state index is 12.4. The summed E-state index contributed by atoms with van der Waals surface area (Å²) in [6.45, 7) is 0. The molecule has 21 heavy (non-hydrogen) atoms. The predicted molar refractivity (Wildman–Crippen MR) is 88.3 cm³/mol. The second-order valence-electron chi connectivity index (χ2n) is 4.54. The Labute approximate surface area is 130 Å². The van der Waals surface area contributed by atoms with Crippen LogP contribution in [0.1, 0.15) is 10.4 Å². The van der Waals surface area contributed by atoms with Gasteiger partial charge < -0.3 is 11.1 Å². The summed E-state index contributed by atoms with van der Waals surface area (Å²) < 4.78 is 0.750. The molecule has 0 bridgehead atoms. The van der Waals surface area contributed by atoms with Crippen LogP contribution in [-0.2, 0) is 0 Å². The largest absolute Gasteiger partial charge is 0.397 e. The number of pyridine rings is 1. The number of carbonyl (C=O) groups is 1. The molecule has 1 amide bonds. The zero-order valence-electron chi connectivity index (χ0n) is 11.0. The quantitative estimate of drug-likeness (QED) is 0.696. The minimum atomic E-state index is -0.183. The first-order chi connectivity index (χ1) is 10.2. The van der Waals surface area contributed by atoms with Crippen LogP contribution in [0.15, 0.2) is 59.2 Å². The number of nitrogens with two attached hydrogens (primary N) is 1. The molecule has 1 aromatic heterocycles. The summed E-state index contributed by atoms with van der Waals surface area (Å²) in [7, 11) is 0. The SMILES string of the molecule is Nc1ccc(NC(=O)c2ccccc2Br)c2cccnc12. The van der Waals surface area contributed by atoms with Gasteiger partial charge in [-0.05, 0) is 52.3 Å². The van der Waals surface area contributed by atoms with Gasteiger partial charge in [-0.25, -0.2) is 0 Å². The Bertz CT molecular complexity index is 833. The molecule has 5 heteroatoms. The van der Waals surface area contributed by atoms with Crippen LogP contribution in [0.4, 0.5) is 11.4 Å². The fraction of sp³-hybridized carbons (Fsp3) is 0. The number of nitrogens with zero attached hydrogens (tertiary/aromatic N) is 1. The summed E-state index contributed by atoms with van der Waals surface area (Å²) in [5.74, 6) is -0.183. The Kier molecular flexibility index (Phi) is 3.58. The van der Waals surface area contributed by atoms with Crippen molar-refractivity contribution in [3.8, 4) is 0 Å². The molecular formula is C16H12BrN3O. The number of halogens is 1. The molecule has 4 nitrogen and oxygen atoms in total. The average molecular weight is 342 g/mol. The zero-order chi connectivity index (χ0) is 14.8. The summed E-state index contributed by atoms with van der Waals surface area (Å²) in [4.78, 5) is 16.6. The molecule has 0 radical (unpaired) electrons. The van der Waals surface area contributed by atoms with Crippen LogP contribution in [0, 0.1) is 0 Å². The van der Waals surface area contributed by atoms with Crippen molar-refractivity contribution in [3.63, 3.8) is 0 Å². The molecule has 0 saturated carbocycles. The topological polar surface area (TPSA) is 68.0 Å². The highest BCUT2D eigenvalue weighted by Gasteiger charge is 2.12.